The first-order valence-corrected chi connectivity index (χ1v) is 12.4. The Balaban J connectivity index is 1.29. The lowest BCUT2D eigenvalue weighted by atomic mass is 9.84. The van der Waals surface area contributed by atoms with Gasteiger partial charge in [-0.2, -0.15) is 5.10 Å². The number of benzene rings is 1. The summed E-state index contributed by atoms with van der Waals surface area (Å²) in [5.41, 5.74) is 4.17. The molecule has 3 aliphatic rings. The Morgan fingerprint density at radius 2 is 1.76 bits per heavy atom. The number of aromatic nitrogens is 2. The number of nitrogens with one attached hydrogen (secondary N) is 1. The van der Waals surface area contributed by atoms with E-state index < -0.39 is 0 Å². The van der Waals surface area contributed by atoms with Crippen molar-refractivity contribution < 1.29 is 14.4 Å². The predicted octanol–water partition coefficient (Wildman–Crippen LogP) is 2.90. The highest BCUT2D eigenvalue weighted by Crippen LogP contribution is 2.32. The van der Waals surface area contributed by atoms with Crippen LogP contribution in [-0.2, 0) is 29.6 Å². The van der Waals surface area contributed by atoms with E-state index in [1.165, 1.54) is 0 Å². The number of hydrogen-bond acceptors (Lipinski definition) is 4. The molecule has 0 bridgehead atoms. The number of rotatable bonds is 4. The van der Waals surface area contributed by atoms with Crippen molar-refractivity contribution in [3.05, 3.63) is 46.8 Å². The third-order valence-corrected chi connectivity index (χ3v) is 7.69. The molecule has 0 radical (unpaired) electrons. The molecule has 180 valence electrons. The van der Waals surface area contributed by atoms with Crippen LogP contribution in [0.15, 0.2) is 24.3 Å². The third kappa shape index (κ3) is 4.21. The van der Waals surface area contributed by atoms with E-state index in [2.05, 4.69) is 10.4 Å². The quantitative estimate of drug-likeness (QED) is 0.755. The van der Waals surface area contributed by atoms with Crippen molar-refractivity contribution in [3.63, 3.8) is 0 Å². The number of nitrogens with zero attached hydrogens (tertiary/aromatic N) is 4. The van der Waals surface area contributed by atoms with Gasteiger partial charge in [0.2, 0.25) is 11.8 Å². The lowest BCUT2D eigenvalue weighted by Crippen LogP contribution is -2.45. The standard InChI is InChI=1S/C26H33N5O3/c1-17-7-3-4-11-21(17)27-24(32)19-10-6-13-30(15-19)26(34)23-20-16-31(25(33)18-8-5-9-18)14-12-22(20)29(2)28-23/h3-4,7,11,18-19H,5-6,8-10,12-16H2,1-2H3,(H,27,32)/t19-/m1/s1. The molecule has 1 aromatic carbocycles. The van der Waals surface area contributed by atoms with E-state index in [9.17, 15) is 14.4 Å². The molecular weight excluding hydrogens is 430 g/mol. The van der Waals surface area contributed by atoms with E-state index in [0.29, 0.717) is 38.3 Å². The first kappa shape index (κ1) is 22.6. The molecule has 8 heteroatoms. The Labute approximate surface area is 200 Å². The fourth-order valence-corrected chi connectivity index (χ4v) is 5.34. The van der Waals surface area contributed by atoms with E-state index in [-0.39, 0.29) is 29.6 Å². The Bertz CT molecular complexity index is 1120. The Morgan fingerprint density at radius 1 is 1.00 bits per heavy atom. The fraction of sp³-hybridized carbons (Fsp3) is 0.538. The van der Waals surface area contributed by atoms with E-state index in [0.717, 1.165) is 54.6 Å². The summed E-state index contributed by atoms with van der Waals surface area (Å²) < 4.78 is 1.79. The van der Waals surface area contributed by atoms with Crippen molar-refractivity contribution >= 4 is 23.4 Å². The van der Waals surface area contributed by atoms with Crippen LogP contribution < -0.4 is 5.32 Å². The van der Waals surface area contributed by atoms with Crippen LogP contribution in [-0.4, -0.2) is 56.9 Å². The molecule has 1 N–H and O–H groups in total. The number of likely N-dealkylation sites (tertiary alicyclic amines) is 1. The molecular formula is C26H33N5O3. The van der Waals surface area contributed by atoms with Gasteiger partial charge in [0.15, 0.2) is 5.69 Å². The van der Waals surface area contributed by atoms with E-state index in [1.54, 1.807) is 9.58 Å². The van der Waals surface area contributed by atoms with Crippen LogP contribution in [0.3, 0.4) is 0 Å². The molecule has 1 aromatic heterocycles. The van der Waals surface area contributed by atoms with Crippen LogP contribution in [0.4, 0.5) is 5.69 Å². The summed E-state index contributed by atoms with van der Waals surface area (Å²) in [5.74, 6) is -0.0825. The molecule has 2 aliphatic heterocycles. The molecule has 34 heavy (non-hydrogen) atoms. The summed E-state index contributed by atoms with van der Waals surface area (Å²) in [6, 6.07) is 7.72. The summed E-state index contributed by atoms with van der Waals surface area (Å²) in [5, 5.41) is 7.61. The highest BCUT2D eigenvalue weighted by molar-refractivity contribution is 5.96. The molecule has 8 nitrogen and oxygen atoms in total. The van der Waals surface area contributed by atoms with Crippen LogP contribution >= 0.6 is 0 Å². The predicted molar refractivity (Wildman–Crippen MR) is 128 cm³/mol. The molecule has 2 aromatic rings. The largest absolute Gasteiger partial charge is 0.338 e. The average Bonchev–Trinajstić information content (AvgIpc) is 3.14. The van der Waals surface area contributed by atoms with E-state index in [4.69, 9.17) is 0 Å². The summed E-state index contributed by atoms with van der Waals surface area (Å²) >= 11 is 0. The van der Waals surface area contributed by atoms with Gasteiger partial charge in [0.05, 0.1) is 5.92 Å². The SMILES string of the molecule is Cc1ccccc1NC(=O)[C@@H]1CCCN(C(=O)c2nn(C)c3c2CN(C(=O)C2CCC2)CC3)C1. The van der Waals surface area contributed by atoms with Crippen molar-refractivity contribution in [2.24, 2.45) is 18.9 Å². The van der Waals surface area contributed by atoms with Crippen LogP contribution in [0.5, 0.6) is 0 Å². The van der Waals surface area contributed by atoms with Gasteiger partial charge in [0, 0.05) is 62.5 Å². The van der Waals surface area contributed by atoms with Gasteiger partial charge in [-0.25, -0.2) is 0 Å². The van der Waals surface area contributed by atoms with Crippen molar-refractivity contribution in [2.75, 3.05) is 25.0 Å². The van der Waals surface area contributed by atoms with Crippen LogP contribution in [0.25, 0.3) is 0 Å². The van der Waals surface area contributed by atoms with E-state index in [1.807, 2.05) is 43.1 Å². The van der Waals surface area contributed by atoms with E-state index >= 15 is 0 Å². The van der Waals surface area contributed by atoms with Gasteiger partial charge in [-0.05, 0) is 44.2 Å². The minimum absolute atomic E-state index is 0.0490. The number of fused-ring (bicyclic) bond motifs is 1. The maximum atomic E-state index is 13.6. The molecule has 1 saturated carbocycles. The number of amides is 3. The summed E-state index contributed by atoms with van der Waals surface area (Å²) in [7, 11) is 1.87. The Morgan fingerprint density at radius 3 is 2.50 bits per heavy atom. The first-order valence-electron chi connectivity index (χ1n) is 12.4. The average molecular weight is 464 g/mol. The summed E-state index contributed by atoms with van der Waals surface area (Å²) in [6.07, 6.45) is 5.32. The maximum Gasteiger partial charge on any atom is 0.274 e. The lowest BCUT2D eigenvalue weighted by molar-refractivity contribution is -0.139. The lowest BCUT2D eigenvalue weighted by Gasteiger charge is -2.35. The van der Waals surface area contributed by atoms with Gasteiger partial charge in [0.1, 0.15) is 0 Å². The fourth-order valence-electron chi connectivity index (χ4n) is 5.34. The molecule has 1 saturated heterocycles. The molecule has 0 spiro atoms. The van der Waals surface area contributed by atoms with Gasteiger partial charge in [-0.3, -0.25) is 19.1 Å². The minimum atomic E-state index is -0.256. The third-order valence-electron chi connectivity index (χ3n) is 7.69. The minimum Gasteiger partial charge on any atom is -0.338 e. The first-order chi connectivity index (χ1) is 16.4. The Kier molecular flexibility index (Phi) is 6.15. The zero-order valence-corrected chi connectivity index (χ0v) is 20.0. The molecule has 1 aliphatic carbocycles. The molecule has 5 rings (SSSR count). The molecule has 1 atom stereocenters. The second kappa shape index (κ2) is 9.24. The maximum absolute atomic E-state index is 13.6. The van der Waals surface area contributed by atoms with Gasteiger partial charge in [-0.15, -0.1) is 0 Å². The Hall–Kier alpha value is -3.16. The summed E-state index contributed by atoms with van der Waals surface area (Å²) in [6.45, 7) is 4.09. The van der Waals surface area contributed by atoms with Gasteiger partial charge in [0.25, 0.3) is 5.91 Å². The number of anilines is 1. The monoisotopic (exact) mass is 463 g/mol. The second-order valence-electron chi connectivity index (χ2n) is 9.93. The number of para-hydroxylation sites is 1. The van der Waals surface area contributed by atoms with Gasteiger partial charge in [-0.1, -0.05) is 24.6 Å². The number of hydrogen-bond donors (Lipinski definition) is 1. The number of piperidine rings is 1. The van der Waals surface area contributed by atoms with Crippen molar-refractivity contribution in [1.82, 2.24) is 19.6 Å². The van der Waals surface area contributed by atoms with Crippen LogP contribution in [0, 0.1) is 18.8 Å². The normalized spacial score (nSPS) is 20.5. The smallest absolute Gasteiger partial charge is 0.274 e. The van der Waals surface area contributed by atoms with Crippen molar-refractivity contribution in [1.29, 1.82) is 0 Å². The number of aryl methyl sites for hydroxylation is 2. The zero-order valence-electron chi connectivity index (χ0n) is 20.0. The van der Waals surface area contributed by atoms with Crippen LogP contribution in [0.1, 0.15) is 59.4 Å². The topological polar surface area (TPSA) is 87.5 Å². The highest BCUT2D eigenvalue weighted by atomic mass is 16.2. The number of carbonyl (C=O) groups excluding carboxylic acids is 3. The van der Waals surface area contributed by atoms with Gasteiger partial charge >= 0.3 is 0 Å². The van der Waals surface area contributed by atoms with Crippen LogP contribution in [0.2, 0.25) is 0 Å². The molecule has 2 fully saturated rings. The molecule has 3 heterocycles. The van der Waals surface area contributed by atoms with Gasteiger partial charge < -0.3 is 15.1 Å². The number of carbonyl (C=O) groups is 3. The second-order valence-corrected chi connectivity index (χ2v) is 9.93. The summed E-state index contributed by atoms with van der Waals surface area (Å²) in [4.78, 5) is 43.0. The highest BCUT2D eigenvalue weighted by Gasteiger charge is 2.36. The zero-order chi connectivity index (χ0) is 23.8. The van der Waals surface area contributed by atoms with Crippen molar-refractivity contribution in [2.45, 2.75) is 52.0 Å². The van der Waals surface area contributed by atoms with Crippen molar-refractivity contribution in [3.8, 4) is 0 Å². The molecule has 0 unspecified atom stereocenters. The molecule has 3 amide bonds.